The average Bonchev–Trinajstić information content (AvgIpc) is 2.38. The Kier molecular flexibility index (Phi) is 6.15. The first-order valence-electron chi connectivity index (χ1n) is 6.53. The molecular weight excluding hydrogens is 244 g/mol. The number of phenols is 2. The Morgan fingerprint density at radius 1 is 1.32 bits per heavy atom. The topological polar surface area (TPSA) is 81.6 Å². The predicted molar refractivity (Wildman–Crippen MR) is 74.0 cm³/mol. The van der Waals surface area contributed by atoms with Crippen LogP contribution in [-0.2, 0) is 11.3 Å². The summed E-state index contributed by atoms with van der Waals surface area (Å²) in [5, 5.41) is 24.5. The van der Waals surface area contributed by atoms with Gasteiger partial charge in [-0.3, -0.25) is 4.79 Å². The zero-order chi connectivity index (χ0) is 14.3. The van der Waals surface area contributed by atoms with Crippen LogP contribution in [0.25, 0.3) is 0 Å². The number of carbonyl (C=O) groups excluding carboxylic acids is 1. The molecule has 5 nitrogen and oxygen atoms in total. The maximum Gasteiger partial charge on any atom is 0.221 e. The third-order valence-electron chi connectivity index (χ3n) is 2.92. The van der Waals surface area contributed by atoms with Crippen molar-refractivity contribution in [2.24, 2.45) is 0 Å². The molecule has 0 aliphatic rings. The highest BCUT2D eigenvalue weighted by Crippen LogP contribution is 2.24. The van der Waals surface area contributed by atoms with Crippen molar-refractivity contribution in [2.45, 2.75) is 39.3 Å². The Morgan fingerprint density at radius 2 is 2.05 bits per heavy atom. The van der Waals surface area contributed by atoms with Gasteiger partial charge in [0.2, 0.25) is 5.91 Å². The minimum Gasteiger partial charge on any atom is -0.504 e. The van der Waals surface area contributed by atoms with Crippen molar-refractivity contribution in [1.82, 2.24) is 10.6 Å². The van der Waals surface area contributed by atoms with Crippen LogP contribution in [0.15, 0.2) is 18.2 Å². The van der Waals surface area contributed by atoms with Crippen molar-refractivity contribution in [3.63, 3.8) is 0 Å². The van der Waals surface area contributed by atoms with Crippen LogP contribution in [0.1, 0.15) is 32.3 Å². The van der Waals surface area contributed by atoms with E-state index in [1.807, 2.05) is 13.8 Å². The SMILES string of the molecule is CCC(C)NC(=O)CCNCc1ccc(O)c(O)c1. The molecule has 0 heterocycles. The lowest BCUT2D eigenvalue weighted by Gasteiger charge is -2.11. The van der Waals surface area contributed by atoms with Crippen LogP contribution in [0.4, 0.5) is 0 Å². The normalized spacial score (nSPS) is 12.1. The number of phenolic OH excluding ortho intramolecular Hbond substituents is 2. The van der Waals surface area contributed by atoms with Gasteiger partial charge >= 0.3 is 0 Å². The van der Waals surface area contributed by atoms with Crippen LogP contribution in [0.2, 0.25) is 0 Å². The lowest BCUT2D eigenvalue weighted by Crippen LogP contribution is -2.33. The van der Waals surface area contributed by atoms with E-state index in [1.165, 1.54) is 12.1 Å². The Bertz CT molecular complexity index is 421. The number of hydrogen-bond donors (Lipinski definition) is 4. The van der Waals surface area contributed by atoms with Gasteiger partial charge in [0.05, 0.1) is 0 Å². The fraction of sp³-hybridized carbons (Fsp3) is 0.500. The second kappa shape index (κ2) is 7.63. The van der Waals surface area contributed by atoms with Crippen LogP contribution >= 0.6 is 0 Å². The monoisotopic (exact) mass is 266 g/mol. The lowest BCUT2D eigenvalue weighted by molar-refractivity contribution is -0.121. The zero-order valence-corrected chi connectivity index (χ0v) is 11.4. The zero-order valence-electron chi connectivity index (χ0n) is 11.4. The lowest BCUT2D eigenvalue weighted by atomic mass is 10.2. The number of hydrogen-bond acceptors (Lipinski definition) is 4. The van der Waals surface area contributed by atoms with Gasteiger partial charge in [-0.2, -0.15) is 0 Å². The molecular formula is C14H22N2O3. The van der Waals surface area contributed by atoms with Crippen LogP contribution in [0.3, 0.4) is 0 Å². The van der Waals surface area contributed by atoms with E-state index in [-0.39, 0.29) is 23.4 Å². The van der Waals surface area contributed by atoms with Crippen molar-refractivity contribution in [3.05, 3.63) is 23.8 Å². The Hall–Kier alpha value is -1.75. The molecule has 0 aliphatic heterocycles. The van der Waals surface area contributed by atoms with Gasteiger partial charge in [0.25, 0.3) is 0 Å². The van der Waals surface area contributed by atoms with Gasteiger partial charge in [-0.25, -0.2) is 0 Å². The summed E-state index contributed by atoms with van der Waals surface area (Å²) in [4.78, 5) is 11.5. The maximum atomic E-state index is 11.5. The number of aromatic hydroxyl groups is 2. The quantitative estimate of drug-likeness (QED) is 0.445. The number of amides is 1. The highest BCUT2D eigenvalue weighted by Gasteiger charge is 2.05. The smallest absolute Gasteiger partial charge is 0.221 e. The molecule has 1 aromatic rings. The van der Waals surface area contributed by atoms with E-state index in [9.17, 15) is 15.0 Å². The molecule has 0 radical (unpaired) electrons. The number of rotatable bonds is 7. The second-order valence-electron chi connectivity index (χ2n) is 4.63. The molecule has 5 heteroatoms. The summed E-state index contributed by atoms with van der Waals surface area (Å²) in [7, 11) is 0. The van der Waals surface area contributed by atoms with Crippen molar-refractivity contribution in [1.29, 1.82) is 0 Å². The van der Waals surface area contributed by atoms with Crippen LogP contribution in [0.5, 0.6) is 11.5 Å². The van der Waals surface area contributed by atoms with Crippen molar-refractivity contribution >= 4 is 5.91 Å². The molecule has 0 aromatic heterocycles. The maximum absolute atomic E-state index is 11.5. The number of nitrogens with one attached hydrogen (secondary N) is 2. The molecule has 4 N–H and O–H groups in total. The van der Waals surface area contributed by atoms with Crippen molar-refractivity contribution in [2.75, 3.05) is 6.54 Å². The van der Waals surface area contributed by atoms with Crippen molar-refractivity contribution < 1.29 is 15.0 Å². The van der Waals surface area contributed by atoms with Crippen LogP contribution < -0.4 is 10.6 Å². The molecule has 0 saturated heterocycles. The number of benzene rings is 1. The van der Waals surface area contributed by atoms with Gasteiger partial charge in [0, 0.05) is 25.6 Å². The van der Waals surface area contributed by atoms with Gasteiger partial charge in [0.15, 0.2) is 11.5 Å². The third-order valence-corrected chi connectivity index (χ3v) is 2.92. The van der Waals surface area contributed by atoms with Gasteiger partial charge < -0.3 is 20.8 Å². The first-order valence-corrected chi connectivity index (χ1v) is 6.53. The molecule has 19 heavy (non-hydrogen) atoms. The highest BCUT2D eigenvalue weighted by atomic mass is 16.3. The molecule has 1 unspecified atom stereocenters. The molecule has 0 fully saturated rings. The summed E-state index contributed by atoms with van der Waals surface area (Å²) in [6, 6.07) is 4.88. The largest absolute Gasteiger partial charge is 0.504 e. The van der Waals surface area contributed by atoms with Gasteiger partial charge in [0.1, 0.15) is 0 Å². The molecule has 1 rings (SSSR count). The Morgan fingerprint density at radius 3 is 2.68 bits per heavy atom. The van der Waals surface area contributed by atoms with E-state index in [1.54, 1.807) is 6.07 Å². The molecule has 1 atom stereocenters. The summed E-state index contributed by atoms with van der Waals surface area (Å²) in [6.45, 7) is 5.12. The van der Waals surface area contributed by atoms with E-state index < -0.39 is 0 Å². The highest BCUT2D eigenvalue weighted by molar-refractivity contribution is 5.76. The first kappa shape index (κ1) is 15.3. The molecule has 0 bridgehead atoms. The standard InChI is InChI=1S/C14H22N2O3/c1-3-10(2)16-14(19)6-7-15-9-11-4-5-12(17)13(18)8-11/h4-5,8,10,15,17-18H,3,6-7,9H2,1-2H3,(H,16,19). The van der Waals surface area contributed by atoms with Gasteiger partial charge in [-0.05, 0) is 31.0 Å². The van der Waals surface area contributed by atoms with E-state index in [2.05, 4.69) is 10.6 Å². The fourth-order valence-electron chi connectivity index (χ4n) is 1.56. The van der Waals surface area contributed by atoms with E-state index in [4.69, 9.17) is 0 Å². The molecule has 0 spiro atoms. The van der Waals surface area contributed by atoms with E-state index in [0.717, 1.165) is 12.0 Å². The summed E-state index contributed by atoms with van der Waals surface area (Å²) >= 11 is 0. The molecule has 106 valence electrons. The van der Waals surface area contributed by atoms with Crippen LogP contribution in [0, 0.1) is 0 Å². The first-order chi connectivity index (χ1) is 9.02. The molecule has 1 amide bonds. The Labute approximate surface area is 113 Å². The molecule has 1 aromatic carbocycles. The summed E-state index contributed by atoms with van der Waals surface area (Å²) in [6.07, 6.45) is 1.35. The van der Waals surface area contributed by atoms with E-state index in [0.29, 0.717) is 19.5 Å². The van der Waals surface area contributed by atoms with E-state index >= 15 is 0 Å². The molecule has 0 aliphatic carbocycles. The van der Waals surface area contributed by atoms with Gasteiger partial charge in [-0.15, -0.1) is 0 Å². The molecule has 0 saturated carbocycles. The minimum atomic E-state index is -0.131. The number of carbonyl (C=O) groups is 1. The van der Waals surface area contributed by atoms with Gasteiger partial charge in [-0.1, -0.05) is 13.0 Å². The Balaban J connectivity index is 2.23. The minimum absolute atomic E-state index is 0.0374. The average molecular weight is 266 g/mol. The summed E-state index contributed by atoms with van der Waals surface area (Å²) in [5.41, 5.74) is 0.859. The van der Waals surface area contributed by atoms with Crippen molar-refractivity contribution in [3.8, 4) is 11.5 Å². The second-order valence-corrected chi connectivity index (χ2v) is 4.63. The van der Waals surface area contributed by atoms with Crippen LogP contribution in [-0.4, -0.2) is 28.7 Å². The predicted octanol–water partition coefficient (Wildman–Crippen LogP) is 1.49. The fourth-order valence-corrected chi connectivity index (χ4v) is 1.56. The summed E-state index contributed by atoms with van der Waals surface area (Å²) in [5.74, 6) is -0.221. The summed E-state index contributed by atoms with van der Waals surface area (Å²) < 4.78 is 0. The third kappa shape index (κ3) is 5.61.